The molecular formula is C20H18N2O5S. The highest BCUT2D eigenvalue weighted by atomic mass is 32.2. The predicted octanol–water partition coefficient (Wildman–Crippen LogP) is 4.62. The lowest BCUT2D eigenvalue weighted by molar-refractivity contribution is -0.385. The summed E-state index contributed by atoms with van der Waals surface area (Å²) in [6, 6.07) is 13.3. The number of amides is 2. The number of ether oxygens (including phenoxy) is 1. The van der Waals surface area contributed by atoms with Crippen molar-refractivity contribution in [3.63, 3.8) is 0 Å². The van der Waals surface area contributed by atoms with Crippen LogP contribution < -0.4 is 4.74 Å². The number of benzene rings is 2. The molecule has 28 heavy (non-hydrogen) atoms. The topological polar surface area (TPSA) is 89.8 Å². The highest BCUT2D eigenvalue weighted by Gasteiger charge is 2.36. The first-order chi connectivity index (χ1) is 13.5. The molecule has 2 amide bonds. The fraction of sp³-hybridized carbons (Fsp3) is 0.200. The summed E-state index contributed by atoms with van der Waals surface area (Å²) in [5.41, 5.74) is 0.960. The van der Waals surface area contributed by atoms with Gasteiger partial charge in [0, 0.05) is 11.6 Å². The largest absolute Gasteiger partial charge is 0.494 e. The van der Waals surface area contributed by atoms with Crippen LogP contribution in [0.3, 0.4) is 0 Å². The maximum Gasteiger partial charge on any atom is 0.293 e. The van der Waals surface area contributed by atoms with Gasteiger partial charge in [-0.3, -0.25) is 24.6 Å². The molecular weight excluding hydrogens is 380 g/mol. The second-order valence-electron chi connectivity index (χ2n) is 6.07. The molecule has 0 aliphatic carbocycles. The van der Waals surface area contributed by atoms with Crippen molar-refractivity contribution in [3.05, 3.63) is 74.7 Å². The van der Waals surface area contributed by atoms with Crippen molar-refractivity contribution in [2.75, 3.05) is 6.61 Å². The third kappa shape index (κ3) is 4.40. The summed E-state index contributed by atoms with van der Waals surface area (Å²) in [6.07, 6.45) is 2.54. The lowest BCUT2D eigenvalue weighted by Gasteiger charge is -2.12. The maximum atomic E-state index is 12.6. The third-order valence-corrected chi connectivity index (χ3v) is 4.95. The molecule has 8 heteroatoms. The summed E-state index contributed by atoms with van der Waals surface area (Å²) in [5.74, 6) is 0.281. The van der Waals surface area contributed by atoms with Crippen molar-refractivity contribution in [1.82, 2.24) is 4.90 Å². The van der Waals surface area contributed by atoms with Gasteiger partial charge in [-0.1, -0.05) is 37.3 Å². The molecule has 2 aromatic rings. The van der Waals surface area contributed by atoms with Crippen molar-refractivity contribution in [2.24, 2.45) is 0 Å². The van der Waals surface area contributed by atoms with E-state index in [9.17, 15) is 19.7 Å². The van der Waals surface area contributed by atoms with E-state index in [4.69, 9.17) is 4.74 Å². The van der Waals surface area contributed by atoms with Crippen LogP contribution in [0.25, 0.3) is 6.08 Å². The van der Waals surface area contributed by atoms with Crippen molar-refractivity contribution < 1.29 is 19.2 Å². The molecule has 0 aromatic heterocycles. The van der Waals surface area contributed by atoms with Crippen LogP contribution in [0.15, 0.2) is 53.4 Å². The summed E-state index contributed by atoms with van der Waals surface area (Å²) < 4.78 is 5.52. The summed E-state index contributed by atoms with van der Waals surface area (Å²) in [5, 5.41) is 10.7. The monoisotopic (exact) mass is 398 g/mol. The van der Waals surface area contributed by atoms with Crippen LogP contribution in [0.5, 0.6) is 5.75 Å². The minimum absolute atomic E-state index is 0.117. The van der Waals surface area contributed by atoms with E-state index in [1.54, 1.807) is 48.5 Å². The van der Waals surface area contributed by atoms with E-state index in [2.05, 4.69) is 0 Å². The zero-order chi connectivity index (χ0) is 20.1. The quantitative estimate of drug-likeness (QED) is 0.384. The van der Waals surface area contributed by atoms with Gasteiger partial charge in [0.1, 0.15) is 5.75 Å². The van der Waals surface area contributed by atoms with Crippen LogP contribution in [0.2, 0.25) is 0 Å². The molecule has 0 radical (unpaired) electrons. The van der Waals surface area contributed by atoms with Gasteiger partial charge in [-0.25, -0.2) is 0 Å². The molecule has 0 atom stereocenters. The SMILES string of the molecule is CCCOc1ccc(/C=C2\SC(=O)N(Cc3ccccc3[N+](=O)[O-])C2=O)cc1. The number of carbonyl (C=O) groups is 2. The molecule has 0 bridgehead atoms. The number of hydrogen-bond acceptors (Lipinski definition) is 6. The van der Waals surface area contributed by atoms with Crippen molar-refractivity contribution in [2.45, 2.75) is 19.9 Å². The standard InChI is InChI=1S/C20H18N2O5S/c1-2-11-27-16-9-7-14(8-10-16)12-18-19(23)21(20(24)28-18)13-15-5-3-4-6-17(15)22(25)26/h3-10,12H,2,11,13H2,1H3/b18-12-. The van der Waals surface area contributed by atoms with Crippen LogP contribution in [-0.2, 0) is 11.3 Å². The van der Waals surface area contributed by atoms with Gasteiger partial charge in [-0.15, -0.1) is 0 Å². The zero-order valence-electron chi connectivity index (χ0n) is 15.2. The Labute approximate surface area is 166 Å². The van der Waals surface area contributed by atoms with Gasteiger partial charge < -0.3 is 4.74 Å². The number of nitro groups is 1. The fourth-order valence-electron chi connectivity index (χ4n) is 2.66. The van der Waals surface area contributed by atoms with Gasteiger partial charge in [0.25, 0.3) is 16.8 Å². The summed E-state index contributed by atoms with van der Waals surface area (Å²) in [4.78, 5) is 36.9. The van der Waals surface area contributed by atoms with Crippen LogP contribution in [0.1, 0.15) is 24.5 Å². The number of hydrogen-bond donors (Lipinski definition) is 0. The average molecular weight is 398 g/mol. The fourth-order valence-corrected chi connectivity index (χ4v) is 3.50. The number of para-hydroxylation sites is 1. The Morgan fingerprint density at radius 2 is 1.86 bits per heavy atom. The van der Waals surface area contributed by atoms with Crippen LogP contribution >= 0.6 is 11.8 Å². The maximum absolute atomic E-state index is 12.6. The number of imide groups is 1. The number of carbonyl (C=O) groups excluding carboxylic acids is 2. The van der Waals surface area contributed by atoms with E-state index in [1.165, 1.54) is 6.07 Å². The van der Waals surface area contributed by atoms with Gasteiger partial charge in [0.15, 0.2) is 0 Å². The van der Waals surface area contributed by atoms with Gasteiger partial charge in [0.2, 0.25) is 0 Å². The molecule has 0 saturated carbocycles. The molecule has 144 valence electrons. The Morgan fingerprint density at radius 3 is 2.54 bits per heavy atom. The first-order valence-corrected chi connectivity index (χ1v) is 9.51. The van der Waals surface area contributed by atoms with E-state index >= 15 is 0 Å². The number of thioether (sulfide) groups is 1. The molecule has 2 aromatic carbocycles. The van der Waals surface area contributed by atoms with Crippen LogP contribution in [0.4, 0.5) is 10.5 Å². The molecule has 0 spiro atoms. The lowest BCUT2D eigenvalue weighted by Crippen LogP contribution is -2.27. The normalized spacial score (nSPS) is 15.3. The molecule has 1 aliphatic heterocycles. The highest BCUT2D eigenvalue weighted by Crippen LogP contribution is 2.34. The molecule has 7 nitrogen and oxygen atoms in total. The van der Waals surface area contributed by atoms with Gasteiger partial charge in [-0.05, 0) is 42.0 Å². The van der Waals surface area contributed by atoms with E-state index in [-0.39, 0.29) is 17.1 Å². The predicted molar refractivity (Wildman–Crippen MR) is 107 cm³/mol. The van der Waals surface area contributed by atoms with Gasteiger partial charge >= 0.3 is 0 Å². The number of rotatable bonds is 7. The highest BCUT2D eigenvalue weighted by molar-refractivity contribution is 8.18. The Morgan fingerprint density at radius 1 is 1.14 bits per heavy atom. The number of nitro benzene ring substituents is 1. The minimum atomic E-state index is -0.521. The van der Waals surface area contributed by atoms with Crippen LogP contribution in [-0.4, -0.2) is 27.6 Å². The Hall–Kier alpha value is -3.13. The van der Waals surface area contributed by atoms with Crippen molar-refractivity contribution in [3.8, 4) is 5.75 Å². The summed E-state index contributed by atoms with van der Waals surface area (Å²) in [6.45, 7) is 2.52. The second-order valence-corrected chi connectivity index (χ2v) is 7.06. The number of nitrogens with zero attached hydrogens (tertiary/aromatic N) is 2. The van der Waals surface area contributed by atoms with E-state index in [0.29, 0.717) is 12.2 Å². The van der Waals surface area contributed by atoms with Gasteiger partial charge in [-0.2, -0.15) is 0 Å². The Balaban J connectivity index is 1.76. The Kier molecular flexibility index (Phi) is 6.10. The summed E-state index contributed by atoms with van der Waals surface area (Å²) in [7, 11) is 0. The van der Waals surface area contributed by atoms with Crippen molar-refractivity contribution in [1.29, 1.82) is 0 Å². The smallest absolute Gasteiger partial charge is 0.293 e. The average Bonchev–Trinajstić information content (AvgIpc) is 2.95. The molecule has 0 N–H and O–H groups in total. The Bertz CT molecular complexity index is 940. The van der Waals surface area contributed by atoms with Crippen molar-refractivity contribution >= 4 is 34.7 Å². The van der Waals surface area contributed by atoms with Crippen LogP contribution in [0, 0.1) is 10.1 Å². The lowest BCUT2D eigenvalue weighted by atomic mass is 10.1. The molecule has 1 heterocycles. The third-order valence-electron chi connectivity index (χ3n) is 4.04. The minimum Gasteiger partial charge on any atom is -0.494 e. The van der Waals surface area contributed by atoms with E-state index < -0.39 is 16.1 Å². The molecule has 1 fully saturated rings. The first-order valence-electron chi connectivity index (χ1n) is 8.70. The zero-order valence-corrected chi connectivity index (χ0v) is 16.0. The molecule has 1 saturated heterocycles. The molecule has 3 rings (SSSR count). The van der Waals surface area contributed by atoms with Gasteiger partial charge in [0.05, 0.1) is 23.0 Å². The second kappa shape index (κ2) is 8.71. The van der Waals surface area contributed by atoms with E-state index in [1.807, 2.05) is 6.92 Å². The molecule has 1 aliphatic rings. The molecule has 0 unspecified atom stereocenters. The summed E-state index contributed by atoms with van der Waals surface area (Å²) >= 11 is 0.826. The first kappa shape index (κ1) is 19.6. The van der Waals surface area contributed by atoms with E-state index in [0.717, 1.165) is 34.4 Å².